The number of aryl methyl sites for hydroxylation is 1. The molecule has 4 heteroatoms. The van der Waals surface area contributed by atoms with E-state index in [4.69, 9.17) is 4.74 Å². The fourth-order valence-electron chi connectivity index (χ4n) is 4.30. The van der Waals surface area contributed by atoms with Crippen molar-refractivity contribution in [2.45, 2.75) is 19.9 Å². The van der Waals surface area contributed by atoms with Crippen molar-refractivity contribution in [3.63, 3.8) is 0 Å². The van der Waals surface area contributed by atoms with Crippen molar-refractivity contribution < 1.29 is 9.53 Å². The summed E-state index contributed by atoms with van der Waals surface area (Å²) < 4.78 is 5.55. The van der Waals surface area contributed by atoms with Gasteiger partial charge in [-0.25, -0.2) is 0 Å². The second-order valence-corrected chi connectivity index (χ2v) is 7.47. The lowest BCUT2D eigenvalue weighted by Crippen LogP contribution is -2.36. The highest BCUT2D eigenvalue weighted by molar-refractivity contribution is 6.09. The van der Waals surface area contributed by atoms with E-state index in [9.17, 15) is 4.79 Å². The van der Waals surface area contributed by atoms with Crippen molar-refractivity contribution in [3.8, 4) is 5.75 Å². The average Bonchev–Trinajstić information content (AvgIpc) is 3.09. The third-order valence-electron chi connectivity index (χ3n) is 5.74. The number of hydrogen-bond donors (Lipinski definition) is 1. The third kappa shape index (κ3) is 2.56. The summed E-state index contributed by atoms with van der Waals surface area (Å²) in [4.78, 5) is 19.0. The highest BCUT2D eigenvalue weighted by Gasteiger charge is 2.27. The van der Waals surface area contributed by atoms with Crippen LogP contribution in [-0.4, -0.2) is 29.4 Å². The number of nitrogens with one attached hydrogen (secondary N) is 1. The van der Waals surface area contributed by atoms with Crippen LogP contribution < -0.4 is 4.74 Å². The second-order valence-electron chi connectivity index (χ2n) is 7.47. The summed E-state index contributed by atoms with van der Waals surface area (Å²) in [6, 6.07) is 18.3. The summed E-state index contributed by atoms with van der Waals surface area (Å²) in [6.07, 6.45) is 0.835. The minimum atomic E-state index is 0.0290. The molecule has 1 aromatic heterocycles. The van der Waals surface area contributed by atoms with Crippen LogP contribution in [0.4, 0.5) is 0 Å². The normalized spacial score (nSPS) is 13.7. The van der Waals surface area contributed by atoms with E-state index in [-0.39, 0.29) is 5.91 Å². The van der Waals surface area contributed by atoms with Crippen LogP contribution in [0.5, 0.6) is 5.75 Å². The Labute approximate surface area is 163 Å². The maximum absolute atomic E-state index is 13.6. The molecule has 0 spiro atoms. The summed E-state index contributed by atoms with van der Waals surface area (Å²) >= 11 is 0. The van der Waals surface area contributed by atoms with Gasteiger partial charge in [0.25, 0.3) is 5.91 Å². The number of methoxy groups -OCH3 is 1. The van der Waals surface area contributed by atoms with Crippen LogP contribution in [0.1, 0.15) is 27.2 Å². The minimum absolute atomic E-state index is 0.0290. The summed E-state index contributed by atoms with van der Waals surface area (Å²) in [6.45, 7) is 3.42. The summed E-state index contributed by atoms with van der Waals surface area (Å²) in [5.41, 5.74) is 5.51. The molecule has 4 nitrogen and oxygen atoms in total. The zero-order valence-corrected chi connectivity index (χ0v) is 16.1. The van der Waals surface area contributed by atoms with Crippen LogP contribution in [0.2, 0.25) is 0 Å². The van der Waals surface area contributed by atoms with Gasteiger partial charge in [0.15, 0.2) is 0 Å². The highest BCUT2D eigenvalue weighted by atomic mass is 16.5. The van der Waals surface area contributed by atoms with Crippen LogP contribution in [-0.2, 0) is 13.0 Å². The van der Waals surface area contributed by atoms with Gasteiger partial charge < -0.3 is 14.6 Å². The first kappa shape index (κ1) is 16.9. The molecular formula is C24H22N2O2. The molecule has 1 amide bonds. The Bertz CT molecular complexity index is 1220. The Morgan fingerprint density at radius 1 is 1.07 bits per heavy atom. The van der Waals surface area contributed by atoms with Gasteiger partial charge in [-0.1, -0.05) is 42.0 Å². The predicted octanol–water partition coefficient (Wildman–Crippen LogP) is 4.84. The number of aromatic nitrogens is 1. The minimum Gasteiger partial charge on any atom is -0.496 e. The van der Waals surface area contributed by atoms with Gasteiger partial charge in [-0.15, -0.1) is 0 Å². The van der Waals surface area contributed by atoms with Crippen molar-refractivity contribution >= 4 is 27.6 Å². The van der Waals surface area contributed by atoms with Gasteiger partial charge in [0.2, 0.25) is 0 Å². The van der Waals surface area contributed by atoms with Crippen LogP contribution in [0, 0.1) is 6.92 Å². The molecular weight excluding hydrogens is 348 g/mol. The van der Waals surface area contributed by atoms with Crippen LogP contribution in [0.15, 0.2) is 54.6 Å². The zero-order chi connectivity index (χ0) is 19.3. The Kier molecular flexibility index (Phi) is 3.86. The molecule has 28 heavy (non-hydrogen) atoms. The number of ether oxygens (including phenoxy) is 1. The molecule has 1 aliphatic rings. The zero-order valence-electron chi connectivity index (χ0n) is 16.1. The number of carbonyl (C=O) groups is 1. The molecule has 0 saturated heterocycles. The number of H-pyrrole nitrogens is 1. The molecule has 0 unspecified atom stereocenters. The molecule has 0 aliphatic carbocycles. The average molecular weight is 370 g/mol. The van der Waals surface area contributed by atoms with Crippen molar-refractivity contribution in [1.82, 2.24) is 9.88 Å². The van der Waals surface area contributed by atoms with E-state index in [1.165, 1.54) is 22.2 Å². The first-order chi connectivity index (χ1) is 13.7. The Balaban J connectivity index is 1.58. The first-order valence-electron chi connectivity index (χ1n) is 9.61. The van der Waals surface area contributed by atoms with E-state index >= 15 is 0 Å². The Morgan fingerprint density at radius 2 is 1.93 bits per heavy atom. The summed E-state index contributed by atoms with van der Waals surface area (Å²) in [5.74, 6) is 0.658. The SMILES string of the molecule is COc1ccc2ccccc2c1C(=O)N1CCc2[nH]c3ccc(C)cc3c2C1. The fraction of sp³-hybridized carbons (Fsp3) is 0.208. The number of rotatable bonds is 2. The molecule has 2 heterocycles. The maximum atomic E-state index is 13.6. The lowest BCUT2D eigenvalue weighted by Gasteiger charge is -2.28. The summed E-state index contributed by atoms with van der Waals surface area (Å²) in [7, 11) is 1.62. The molecule has 4 aromatic rings. The van der Waals surface area contributed by atoms with E-state index in [0.29, 0.717) is 24.4 Å². The van der Waals surface area contributed by atoms with Gasteiger partial charge in [0.05, 0.1) is 12.7 Å². The number of hydrogen-bond acceptors (Lipinski definition) is 2. The third-order valence-corrected chi connectivity index (χ3v) is 5.74. The van der Waals surface area contributed by atoms with E-state index in [2.05, 4.69) is 30.1 Å². The van der Waals surface area contributed by atoms with Gasteiger partial charge in [-0.3, -0.25) is 4.79 Å². The van der Waals surface area contributed by atoms with Gasteiger partial charge >= 0.3 is 0 Å². The van der Waals surface area contributed by atoms with Crippen LogP contribution in [0.25, 0.3) is 21.7 Å². The lowest BCUT2D eigenvalue weighted by atomic mass is 9.99. The number of benzene rings is 3. The predicted molar refractivity (Wildman–Crippen MR) is 112 cm³/mol. The van der Waals surface area contributed by atoms with Gasteiger partial charge in [-0.05, 0) is 35.9 Å². The summed E-state index contributed by atoms with van der Waals surface area (Å²) in [5, 5.41) is 3.21. The smallest absolute Gasteiger partial charge is 0.258 e. The van der Waals surface area contributed by atoms with Crippen LogP contribution >= 0.6 is 0 Å². The van der Waals surface area contributed by atoms with Crippen molar-refractivity contribution in [3.05, 3.63) is 77.0 Å². The largest absolute Gasteiger partial charge is 0.496 e. The number of carbonyl (C=O) groups excluding carboxylic acids is 1. The van der Waals surface area contributed by atoms with E-state index in [1.807, 2.05) is 41.3 Å². The van der Waals surface area contributed by atoms with Gasteiger partial charge in [0.1, 0.15) is 5.75 Å². The number of fused-ring (bicyclic) bond motifs is 4. The number of aromatic amines is 1. The standard InChI is InChI=1S/C24H22N2O2/c1-15-7-9-20-18(13-15)19-14-26(12-11-21(19)25-20)24(27)23-17-6-4-3-5-16(17)8-10-22(23)28-2/h3-10,13,25H,11-12,14H2,1-2H3. The van der Waals surface area contributed by atoms with E-state index < -0.39 is 0 Å². The molecule has 3 aromatic carbocycles. The monoisotopic (exact) mass is 370 g/mol. The Morgan fingerprint density at radius 3 is 2.79 bits per heavy atom. The highest BCUT2D eigenvalue weighted by Crippen LogP contribution is 2.33. The molecule has 1 aliphatic heterocycles. The topological polar surface area (TPSA) is 45.3 Å². The molecule has 0 fully saturated rings. The maximum Gasteiger partial charge on any atom is 0.258 e. The van der Waals surface area contributed by atoms with Crippen molar-refractivity contribution in [1.29, 1.82) is 0 Å². The van der Waals surface area contributed by atoms with Gasteiger partial charge in [-0.2, -0.15) is 0 Å². The molecule has 0 bridgehead atoms. The van der Waals surface area contributed by atoms with Crippen LogP contribution in [0.3, 0.4) is 0 Å². The molecule has 1 N–H and O–H groups in total. The second kappa shape index (κ2) is 6.41. The molecule has 5 rings (SSSR count). The van der Waals surface area contributed by atoms with E-state index in [0.717, 1.165) is 22.7 Å². The fourth-order valence-corrected chi connectivity index (χ4v) is 4.30. The molecule has 140 valence electrons. The first-order valence-corrected chi connectivity index (χ1v) is 9.61. The lowest BCUT2D eigenvalue weighted by molar-refractivity contribution is 0.0734. The van der Waals surface area contributed by atoms with Crippen molar-refractivity contribution in [2.24, 2.45) is 0 Å². The Hall–Kier alpha value is -3.27. The molecule has 0 radical (unpaired) electrons. The van der Waals surface area contributed by atoms with E-state index in [1.54, 1.807) is 7.11 Å². The molecule has 0 saturated carbocycles. The molecule has 0 atom stereocenters. The number of nitrogens with zero attached hydrogens (tertiary/aromatic N) is 1. The quantitative estimate of drug-likeness (QED) is 0.549. The number of amides is 1. The van der Waals surface area contributed by atoms with Gasteiger partial charge in [0, 0.05) is 41.7 Å². The van der Waals surface area contributed by atoms with Crippen molar-refractivity contribution in [2.75, 3.05) is 13.7 Å².